The molecule has 0 saturated carbocycles. The van der Waals surface area contributed by atoms with Crippen molar-refractivity contribution in [1.82, 2.24) is 4.98 Å². The van der Waals surface area contributed by atoms with Gasteiger partial charge in [-0.15, -0.1) is 11.3 Å². The molecular formula is C12H8BrClN2O2S. The zero-order valence-corrected chi connectivity index (χ0v) is 12.9. The van der Waals surface area contributed by atoms with E-state index in [0.29, 0.717) is 25.9 Å². The van der Waals surface area contributed by atoms with Crippen LogP contribution in [-0.2, 0) is 0 Å². The molecule has 98 valence electrons. The maximum atomic E-state index is 12.0. The molecule has 0 saturated heterocycles. The summed E-state index contributed by atoms with van der Waals surface area (Å²) in [7, 11) is 0. The third-order valence-corrected chi connectivity index (χ3v) is 4.17. The molecule has 0 unspecified atom stereocenters. The van der Waals surface area contributed by atoms with Crippen molar-refractivity contribution in [3.8, 4) is 0 Å². The Morgan fingerprint density at radius 3 is 2.74 bits per heavy atom. The lowest BCUT2D eigenvalue weighted by atomic mass is 10.1. The third-order valence-electron chi connectivity index (χ3n) is 2.30. The number of hydrogen-bond acceptors (Lipinski definition) is 4. The number of rotatable bonds is 3. The van der Waals surface area contributed by atoms with E-state index >= 15 is 0 Å². The van der Waals surface area contributed by atoms with Crippen LogP contribution in [0.15, 0.2) is 28.2 Å². The van der Waals surface area contributed by atoms with Crippen LogP contribution in [0.4, 0.5) is 5.69 Å². The molecule has 0 atom stereocenters. The first kappa shape index (κ1) is 14.2. The minimum Gasteiger partial charge on any atom is -0.318 e. The van der Waals surface area contributed by atoms with Gasteiger partial charge in [0.25, 0.3) is 5.91 Å². The molecule has 0 spiro atoms. The number of aromatic nitrogens is 1. The lowest BCUT2D eigenvalue weighted by molar-refractivity contribution is 0.101. The number of halogens is 2. The molecule has 1 heterocycles. The molecule has 2 rings (SSSR count). The van der Waals surface area contributed by atoms with Crippen molar-refractivity contribution < 1.29 is 9.59 Å². The highest BCUT2D eigenvalue weighted by Gasteiger charge is 2.16. The highest BCUT2D eigenvalue weighted by molar-refractivity contribution is 9.10. The minimum absolute atomic E-state index is 0.168. The van der Waals surface area contributed by atoms with Gasteiger partial charge in [-0.1, -0.05) is 17.7 Å². The van der Waals surface area contributed by atoms with E-state index < -0.39 is 5.91 Å². The van der Waals surface area contributed by atoms with Crippen LogP contribution < -0.4 is 5.32 Å². The fourth-order valence-electron chi connectivity index (χ4n) is 1.47. The number of carbonyl (C=O) groups excluding carboxylic acids is 2. The zero-order valence-electron chi connectivity index (χ0n) is 9.74. The van der Waals surface area contributed by atoms with Gasteiger partial charge in [0.1, 0.15) is 4.60 Å². The van der Waals surface area contributed by atoms with Crippen molar-refractivity contribution in [2.24, 2.45) is 0 Å². The standard InChI is InChI=1S/C12H8BrClN2O2S/c1-6(17)7-3-2-4-8(14)10(7)16-11(18)12-15-9(13)5-19-12/h2-5H,1H3,(H,16,18). The Kier molecular flexibility index (Phi) is 4.34. The molecule has 0 fully saturated rings. The molecule has 1 aromatic carbocycles. The van der Waals surface area contributed by atoms with Crippen LogP contribution in [0.3, 0.4) is 0 Å². The molecule has 0 radical (unpaired) electrons. The Morgan fingerprint density at radius 2 is 2.16 bits per heavy atom. The van der Waals surface area contributed by atoms with E-state index in [4.69, 9.17) is 11.6 Å². The molecule has 1 aromatic heterocycles. The Morgan fingerprint density at radius 1 is 1.42 bits per heavy atom. The summed E-state index contributed by atoms with van der Waals surface area (Å²) in [4.78, 5) is 27.5. The average molecular weight is 360 g/mol. The second-order valence-electron chi connectivity index (χ2n) is 3.65. The molecule has 1 amide bonds. The molecule has 1 N–H and O–H groups in total. The van der Waals surface area contributed by atoms with E-state index in [0.717, 1.165) is 0 Å². The van der Waals surface area contributed by atoms with Gasteiger partial charge in [-0.25, -0.2) is 4.98 Å². The monoisotopic (exact) mass is 358 g/mol. The number of thiazole rings is 1. The Labute approximate surface area is 126 Å². The molecule has 4 nitrogen and oxygen atoms in total. The number of nitrogens with one attached hydrogen (secondary N) is 1. The van der Waals surface area contributed by atoms with Gasteiger partial charge in [-0.2, -0.15) is 0 Å². The number of benzene rings is 1. The average Bonchev–Trinajstić information content (AvgIpc) is 2.78. The third kappa shape index (κ3) is 3.20. The van der Waals surface area contributed by atoms with E-state index in [-0.39, 0.29) is 5.78 Å². The molecule has 19 heavy (non-hydrogen) atoms. The molecule has 7 heteroatoms. The van der Waals surface area contributed by atoms with Gasteiger partial charge >= 0.3 is 0 Å². The van der Waals surface area contributed by atoms with Gasteiger partial charge < -0.3 is 5.32 Å². The fraction of sp³-hybridized carbons (Fsp3) is 0.0833. The lowest BCUT2D eigenvalue weighted by Gasteiger charge is -2.09. The quantitative estimate of drug-likeness (QED) is 0.842. The molecular weight excluding hydrogens is 352 g/mol. The maximum Gasteiger partial charge on any atom is 0.284 e. The van der Waals surface area contributed by atoms with E-state index in [1.54, 1.807) is 23.6 Å². The number of para-hydroxylation sites is 1. The predicted octanol–water partition coefficient (Wildman–Crippen LogP) is 4.01. The van der Waals surface area contributed by atoms with E-state index in [9.17, 15) is 9.59 Å². The smallest absolute Gasteiger partial charge is 0.284 e. The van der Waals surface area contributed by atoms with Crippen molar-refractivity contribution in [3.63, 3.8) is 0 Å². The van der Waals surface area contributed by atoms with Crippen LogP contribution in [0, 0.1) is 0 Å². The fourth-order valence-corrected chi connectivity index (χ4v) is 2.84. The number of amides is 1. The first-order chi connectivity index (χ1) is 8.99. The molecule has 0 aliphatic rings. The summed E-state index contributed by atoms with van der Waals surface area (Å²) >= 11 is 10.4. The van der Waals surface area contributed by atoms with Crippen LogP contribution in [0.5, 0.6) is 0 Å². The maximum absolute atomic E-state index is 12.0. The van der Waals surface area contributed by atoms with Gasteiger partial charge in [0.2, 0.25) is 0 Å². The Bertz CT molecular complexity index is 657. The van der Waals surface area contributed by atoms with Crippen molar-refractivity contribution in [1.29, 1.82) is 0 Å². The summed E-state index contributed by atoms with van der Waals surface area (Å²) in [6.45, 7) is 1.42. The topological polar surface area (TPSA) is 59.1 Å². The van der Waals surface area contributed by atoms with Gasteiger partial charge in [0, 0.05) is 10.9 Å². The highest BCUT2D eigenvalue weighted by atomic mass is 79.9. The predicted molar refractivity (Wildman–Crippen MR) is 79.2 cm³/mol. The van der Waals surface area contributed by atoms with Crippen LogP contribution in [0.25, 0.3) is 0 Å². The largest absolute Gasteiger partial charge is 0.318 e. The number of carbonyl (C=O) groups is 2. The van der Waals surface area contributed by atoms with E-state index in [1.165, 1.54) is 18.3 Å². The molecule has 2 aromatic rings. The second-order valence-corrected chi connectivity index (χ2v) is 5.73. The summed E-state index contributed by atoms with van der Waals surface area (Å²) < 4.78 is 0.591. The number of hydrogen-bond donors (Lipinski definition) is 1. The first-order valence-corrected chi connectivity index (χ1v) is 7.26. The van der Waals surface area contributed by atoms with Gasteiger partial charge in [-0.05, 0) is 35.0 Å². The van der Waals surface area contributed by atoms with Crippen molar-refractivity contribution in [2.75, 3.05) is 5.32 Å². The van der Waals surface area contributed by atoms with Crippen LogP contribution in [0.2, 0.25) is 5.02 Å². The van der Waals surface area contributed by atoms with Crippen LogP contribution in [-0.4, -0.2) is 16.7 Å². The molecule has 0 aliphatic carbocycles. The Balaban J connectivity index is 2.33. The lowest BCUT2D eigenvalue weighted by Crippen LogP contribution is -2.14. The van der Waals surface area contributed by atoms with Crippen molar-refractivity contribution >= 4 is 56.2 Å². The summed E-state index contributed by atoms with van der Waals surface area (Å²) in [6, 6.07) is 4.89. The van der Waals surface area contributed by atoms with Crippen LogP contribution in [0.1, 0.15) is 27.1 Å². The molecule has 0 bridgehead atoms. The van der Waals surface area contributed by atoms with E-state index in [2.05, 4.69) is 26.2 Å². The van der Waals surface area contributed by atoms with Gasteiger partial charge in [-0.3, -0.25) is 9.59 Å². The summed E-state index contributed by atoms with van der Waals surface area (Å²) in [5.74, 6) is -0.565. The van der Waals surface area contributed by atoms with E-state index in [1.807, 2.05) is 0 Å². The minimum atomic E-state index is -0.397. The summed E-state index contributed by atoms with van der Waals surface area (Å²) in [6.07, 6.45) is 0. The normalized spacial score (nSPS) is 10.3. The number of nitrogens with zero attached hydrogens (tertiary/aromatic N) is 1. The summed E-state index contributed by atoms with van der Waals surface area (Å²) in [5, 5.41) is 4.94. The first-order valence-electron chi connectivity index (χ1n) is 5.21. The van der Waals surface area contributed by atoms with Gasteiger partial charge in [0.15, 0.2) is 10.8 Å². The summed E-state index contributed by atoms with van der Waals surface area (Å²) in [5.41, 5.74) is 0.685. The second kappa shape index (κ2) is 5.81. The van der Waals surface area contributed by atoms with Crippen LogP contribution >= 0.6 is 38.9 Å². The number of ketones is 1. The van der Waals surface area contributed by atoms with Gasteiger partial charge in [0.05, 0.1) is 10.7 Å². The highest BCUT2D eigenvalue weighted by Crippen LogP contribution is 2.27. The van der Waals surface area contributed by atoms with Crippen molar-refractivity contribution in [2.45, 2.75) is 6.92 Å². The molecule has 0 aliphatic heterocycles. The number of Topliss-reactive ketones (excluding diaryl/α,β-unsaturated/α-hetero) is 1. The SMILES string of the molecule is CC(=O)c1cccc(Cl)c1NC(=O)c1nc(Br)cs1. The van der Waals surface area contributed by atoms with Crippen molar-refractivity contribution in [3.05, 3.63) is 43.8 Å². The Hall–Kier alpha value is -1.24. The zero-order chi connectivity index (χ0) is 14.0. The number of anilines is 1.